The van der Waals surface area contributed by atoms with E-state index in [9.17, 15) is 4.79 Å². The third-order valence-electron chi connectivity index (χ3n) is 2.28. The molecule has 0 aliphatic rings. The Morgan fingerprint density at radius 2 is 2.33 bits per heavy atom. The lowest BCUT2D eigenvalue weighted by atomic mass is 9.99. The number of aromatic nitrogens is 1. The van der Waals surface area contributed by atoms with Crippen LogP contribution in [0.1, 0.15) is 22.8 Å². The number of hydrogen-bond donors (Lipinski definition) is 2. The maximum atomic E-state index is 11.9. The first-order valence-corrected chi connectivity index (χ1v) is 4.97. The third kappa shape index (κ3) is 2.76. The minimum absolute atomic E-state index is 0.0399. The molecule has 4 heteroatoms. The number of ketones is 1. The van der Waals surface area contributed by atoms with Crippen molar-refractivity contribution < 1.29 is 4.79 Å². The highest BCUT2D eigenvalue weighted by Crippen LogP contribution is 2.15. The summed E-state index contributed by atoms with van der Waals surface area (Å²) in [5, 5.41) is 2.97. The van der Waals surface area contributed by atoms with Crippen molar-refractivity contribution in [2.24, 2.45) is 5.92 Å². The van der Waals surface area contributed by atoms with Crippen LogP contribution in [0.3, 0.4) is 0 Å². The van der Waals surface area contributed by atoms with Crippen molar-refractivity contribution in [2.75, 3.05) is 19.3 Å². The van der Waals surface area contributed by atoms with E-state index in [1.54, 1.807) is 12.3 Å². The van der Waals surface area contributed by atoms with Crippen LogP contribution in [-0.4, -0.2) is 24.4 Å². The molecule has 1 aromatic rings. The molecule has 0 fully saturated rings. The number of nitrogens with two attached hydrogens (primary N) is 1. The molecular weight excluding hydrogens is 190 g/mol. The summed E-state index contributed by atoms with van der Waals surface area (Å²) in [5.74, 6) is 0.271. The molecule has 3 N–H and O–H groups in total. The van der Waals surface area contributed by atoms with Gasteiger partial charge in [0.15, 0.2) is 5.78 Å². The summed E-state index contributed by atoms with van der Waals surface area (Å²) >= 11 is 0. The van der Waals surface area contributed by atoms with Crippen LogP contribution in [0.4, 0.5) is 5.82 Å². The van der Waals surface area contributed by atoms with Gasteiger partial charge in [0.2, 0.25) is 0 Å². The normalized spacial score (nSPS) is 12.5. The number of anilines is 1. The molecule has 0 bridgehead atoms. The number of nitrogens with zero attached hydrogens (tertiary/aromatic N) is 1. The summed E-state index contributed by atoms with van der Waals surface area (Å²) in [6.45, 7) is 4.42. The Morgan fingerprint density at radius 3 is 2.93 bits per heavy atom. The fourth-order valence-electron chi connectivity index (χ4n) is 1.44. The third-order valence-corrected chi connectivity index (χ3v) is 2.28. The zero-order chi connectivity index (χ0) is 11.4. The van der Waals surface area contributed by atoms with Gasteiger partial charge in [0, 0.05) is 18.7 Å². The van der Waals surface area contributed by atoms with E-state index >= 15 is 0 Å². The largest absolute Gasteiger partial charge is 0.383 e. The Morgan fingerprint density at radius 1 is 1.67 bits per heavy atom. The van der Waals surface area contributed by atoms with E-state index in [2.05, 4.69) is 10.3 Å². The van der Waals surface area contributed by atoms with E-state index in [0.717, 1.165) is 5.56 Å². The lowest BCUT2D eigenvalue weighted by molar-refractivity contribution is 0.0930. The van der Waals surface area contributed by atoms with Crippen LogP contribution in [0, 0.1) is 12.8 Å². The van der Waals surface area contributed by atoms with Crippen LogP contribution >= 0.6 is 0 Å². The lowest BCUT2D eigenvalue weighted by Crippen LogP contribution is -2.24. The van der Waals surface area contributed by atoms with Crippen molar-refractivity contribution in [1.29, 1.82) is 0 Å². The van der Waals surface area contributed by atoms with Gasteiger partial charge in [-0.05, 0) is 25.6 Å². The quantitative estimate of drug-likeness (QED) is 0.723. The highest BCUT2D eigenvalue weighted by molar-refractivity contribution is 6.01. The topological polar surface area (TPSA) is 68.0 Å². The van der Waals surface area contributed by atoms with Crippen molar-refractivity contribution >= 4 is 11.6 Å². The summed E-state index contributed by atoms with van der Waals surface area (Å²) < 4.78 is 0. The molecule has 1 heterocycles. The number of pyridine rings is 1. The Balaban J connectivity index is 2.95. The molecule has 0 spiro atoms. The Hall–Kier alpha value is -1.42. The first-order valence-electron chi connectivity index (χ1n) is 4.97. The molecule has 82 valence electrons. The number of rotatable bonds is 4. The van der Waals surface area contributed by atoms with Gasteiger partial charge < -0.3 is 11.1 Å². The highest BCUT2D eigenvalue weighted by Gasteiger charge is 2.17. The summed E-state index contributed by atoms with van der Waals surface area (Å²) in [6, 6.07) is 1.79. The smallest absolute Gasteiger partial charge is 0.170 e. The average Bonchev–Trinajstić information content (AvgIpc) is 2.21. The molecule has 0 saturated heterocycles. The Kier molecular flexibility index (Phi) is 3.80. The molecule has 4 nitrogen and oxygen atoms in total. The highest BCUT2D eigenvalue weighted by atomic mass is 16.1. The summed E-state index contributed by atoms with van der Waals surface area (Å²) in [5.41, 5.74) is 7.15. The maximum Gasteiger partial charge on any atom is 0.170 e. The zero-order valence-electron chi connectivity index (χ0n) is 9.37. The molecule has 0 amide bonds. The van der Waals surface area contributed by atoms with Gasteiger partial charge in [-0.15, -0.1) is 0 Å². The molecular formula is C11H17N3O. The van der Waals surface area contributed by atoms with Crippen LogP contribution in [0.15, 0.2) is 12.3 Å². The van der Waals surface area contributed by atoms with Crippen LogP contribution in [0.25, 0.3) is 0 Å². The van der Waals surface area contributed by atoms with Gasteiger partial charge >= 0.3 is 0 Å². The van der Waals surface area contributed by atoms with Crippen molar-refractivity contribution in [1.82, 2.24) is 10.3 Å². The van der Waals surface area contributed by atoms with Gasteiger partial charge in [0.25, 0.3) is 0 Å². The zero-order valence-corrected chi connectivity index (χ0v) is 9.37. The first kappa shape index (κ1) is 11.7. The fourth-order valence-corrected chi connectivity index (χ4v) is 1.44. The predicted octanol–water partition coefficient (Wildman–Crippen LogP) is 1.01. The second-order valence-corrected chi connectivity index (χ2v) is 3.77. The van der Waals surface area contributed by atoms with Gasteiger partial charge in [0.1, 0.15) is 5.82 Å². The second-order valence-electron chi connectivity index (χ2n) is 3.77. The first-order chi connectivity index (χ1) is 7.06. The van der Waals surface area contributed by atoms with Crippen LogP contribution in [0.5, 0.6) is 0 Å². The number of nitrogen functional groups attached to an aromatic ring is 1. The lowest BCUT2D eigenvalue weighted by Gasteiger charge is -2.11. The molecule has 1 atom stereocenters. The van der Waals surface area contributed by atoms with Crippen LogP contribution in [-0.2, 0) is 0 Å². The molecule has 0 aliphatic heterocycles. The number of carbonyl (C=O) groups excluding carboxylic acids is 1. The molecule has 0 aliphatic carbocycles. The number of aryl methyl sites for hydroxylation is 1. The van der Waals surface area contributed by atoms with Gasteiger partial charge in [-0.2, -0.15) is 0 Å². The minimum atomic E-state index is -0.0825. The molecule has 1 rings (SSSR count). The van der Waals surface area contributed by atoms with Gasteiger partial charge in [-0.1, -0.05) is 6.92 Å². The summed E-state index contributed by atoms with van der Waals surface area (Å²) in [6.07, 6.45) is 1.66. The summed E-state index contributed by atoms with van der Waals surface area (Å²) in [7, 11) is 1.82. The van der Waals surface area contributed by atoms with Gasteiger partial charge in [-0.3, -0.25) is 4.79 Å². The van der Waals surface area contributed by atoms with E-state index in [1.165, 1.54) is 0 Å². The van der Waals surface area contributed by atoms with Crippen LogP contribution < -0.4 is 11.1 Å². The SMILES string of the molecule is CNCC(C)C(=O)c1cc(C)cnc1N. The van der Waals surface area contributed by atoms with Crippen LogP contribution in [0.2, 0.25) is 0 Å². The van der Waals surface area contributed by atoms with Crippen molar-refractivity contribution in [3.63, 3.8) is 0 Å². The van der Waals surface area contributed by atoms with E-state index in [0.29, 0.717) is 17.9 Å². The Bertz CT molecular complexity index is 363. The molecule has 1 aromatic heterocycles. The minimum Gasteiger partial charge on any atom is -0.383 e. The van der Waals surface area contributed by atoms with E-state index in [1.807, 2.05) is 20.9 Å². The predicted molar refractivity (Wildman–Crippen MR) is 60.8 cm³/mol. The number of nitrogens with one attached hydrogen (secondary N) is 1. The molecule has 15 heavy (non-hydrogen) atoms. The van der Waals surface area contributed by atoms with Crippen molar-refractivity contribution in [2.45, 2.75) is 13.8 Å². The van der Waals surface area contributed by atoms with E-state index in [4.69, 9.17) is 5.73 Å². The molecule has 0 radical (unpaired) electrons. The molecule has 0 aromatic carbocycles. The maximum absolute atomic E-state index is 11.9. The summed E-state index contributed by atoms with van der Waals surface area (Å²) in [4.78, 5) is 15.9. The van der Waals surface area contributed by atoms with E-state index in [-0.39, 0.29) is 11.7 Å². The standard InChI is InChI=1S/C11H17N3O/c1-7-4-9(11(12)14-5-7)10(15)8(2)6-13-3/h4-5,8,13H,6H2,1-3H3,(H2,12,14). The molecule has 0 saturated carbocycles. The Labute approximate surface area is 89.9 Å². The average molecular weight is 207 g/mol. The fraction of sp³-hybridized carbons (Fsp3) is 0.455. The van der Waals surface area contributed by atoms with Gasteiger partial charge in [0.05, 0.1) is 5.56 Å². The van der Waals surface area contributed by atoms with Gasteiger partial charge in [-0.25, -0.2) is 4.98 Å². The number of carbonyl (C=O) groups is 1. The van der Waals surface area contributed by atoms with Crippen molar-refractivity contribution in [3.05, 3.63) is 23.4 Å². The van der Waals surface area contributed by atoms with E-state index < -0.39 is 0 Å². The second kappa shape index (κ2) is 4.89. The van der Waals surface area contributed by atoms with Crippen molar-refractivity contribution in [3.8, 4) is 0 Å². The molecule has 1 unspecified atom stereocenters. The monoisotopic (exact) mass is 207 g/mol. The number of Topliss-reactive ketones (excluding diaryl/α,β-unsaturated/α-hetero) is 1. The number of hydrogen-bond acceptors (Lipinski definition) is 4.